The lowest BCUT2D eigenvalue weighted by Crippen LogP contribution is -2.46. The van der Waals surface area contributed by atoms with Crippen molar-refractivity contribution in [3.8, 4) is 0 Å². The van der Waals surface area contributed by atoms with Gasteiger partial charge in [-0.1, -0.05) is 13.8 Å². The molecule has 0 aromatic carbocycles. The lowest BCUT2D eigenvalue weighted by molar-refractivity contribution is -0.136. The number of carboxylic acid groups (broad SMARTS) is 1. The molecule has 0 radical (unpaired) electrons. The van der Waals surface area contributed by atoms with Gasteiger partial charge in [-0.2, -0.15) is 0 Å². The minimum absolute atomic E-state index is 0.268. The van der Waals surface area contributed by atoms with Crippen molar-refractivity contribution in [3.63, 3.8) is 0 Å². The van der Waals surface area contributed by atoms with Crippen LogP contribution in [0.15, 0.2) is 0 Å². The van der Waals surface area contributed by atoms with Crippen molar-refractivity contribution >= 4 is 21.9 Å². The van der Waals surface area contributed by atoms with Crippen LogP contribution in [0.2, 0.25) is 0 Å². The molecule has 0 saturated heterocycles. The zero-order valence-corrected chi connectivity index (χ0v) is 11.6. The van der Waals surface area contributed by atoms with Crippen molar-refractivity contribution in [1.82, 2.24) is 10.0 Å². The van der Waals surface area contributed by atoms with Gasteiger partial charge in [0, 0.05) is 6.54 Å². The van der Waals surface area contributed by atoms with Crippen LogP contribution in [-0.2, 0) is 19.6 Å². The van der Waals surface area contributed by atoms with Crippen molar-refractivity contribution in [2.45, 2.75) is 33.2 Å². The Bertz CT molecular complexity index is 391. The van der Waals surface area contributed by atoms with Crippen LogP contribution in [0.3, 0.4) is 0 Å². The Hall–Kier alpha value is -1.15. The SMILES string of the molecule is CC(C)CNC(=O)C(C)NS(=O)(=O)CCC(=O)O. The molecule has 7 nitrogen and oxygen atoms in total. The fourth-order valence-corrected chi connectivity index (χ4v) is 2.27. The quantitative estimate of drug-likeness (QED) is 0.557. The van der Waals surface area contributed by atoms with E-state index in [0.717, 1.165) is 0 Å². The minimum atomic E-state index is -3.75. The molecule has 0 aromatic rings. The molecule has 3 N–H and O–H groups in total. The highest BCUT2D eigenvalue weighted by molar-refractivity contribution is 7.89. The van der Waals surface area contributed by atoms with Crippen LogP contribution in [0.4, 0.5) is 0 Å². The summed E-state index contributed by atoms with van der Waals surface area (Å²) < 4.78 is 25.0. The summed E-state index contributed by atoms with van der Waals surface area (Å²) in [5.41, 5.74) is 0. The second-order valence-corrected chi connectivity index (χ2v) is 6.31. The fraction of sp³-hybridized carbons (Fsp3) is 0.800. The topological polar surface area (TPSA) is 113 Å². The van der Waals surface area contributed by atoms with Crippen LogP contribution in [-0.4, -0.2) is 43.7 Å². The van der Waals surface area contributed by atoms with Gasteiger partial charge in [0.15, 0.2) is 0 Å². The van der Waals surface area contributed by atoms with E-state index in [2.05, 4.69) is 10.0 Å². The molecule has 1 atom stereocenters. The molecule has 0 rings (SSSR count). The van der Waals surface area contributed by atoms with Crippen molar-refractivity contribution in [1.29, 1.82) is 0 Å². The predicted octanol–water partition coefficient (Wildman–Crippen LogP) is -0.459. The highest BCUT2D eigenvalue weighted by Crippen LogP contribution is 1.95. The Morgan fingerprint density at radius 2 is 1.78 bits per heavy atom. The zero-order chi connectivity index (χ0) is 14.3. The molecule has 0 aliphatic heterocycles. The summed E-state index contributed by atoms with van der Waals surface area (Å²) in [7, 11) is -3.75. The number of nitrogens with one attached hydrogen (secondary N) is 2. The molecule has 106 valence electrons. The van der Waals surface area contributed by atoms with Gasteiger partial charge < -0.3 is 10.4 Å². The predicted molar refractivity (Wildman–Crippen MR) is 66.5 cm³/mol. The van der Waals surface area contributed by atoms with E-state index >= 15 is 0 Å². The highest BCUT2D eigenvalue weighted by atomic mass is 32.2. The standard InChI is InChI=1S/C10H20N2O5S/c1-7(2)6-11-10(15)8(3)12-18(16,17)5-4-9(13)14/h7-8,12H,4-6H2,1-3H3,(H,11,15)(H,13,14). The van der Waals surface area contributed by atoms with E-state index in [0.29, 0.717) is 6.54 Å². The highest BCUT2D eigenvalue weighted by Gasteiger charge is 2.20. The maximum atomic E-state index is 11.5. The molecule has 18 heavy (non-hydrogen) atoms. The molecular formula is C10H20N2O5S. The van der Waals surface area contributed by atoms with Gasteiger partial charge in [0.1, 0.15) is 0 Å². The number of carbonyl (C=O) groups is 2. The third kappa shape index (κ3) is 8.02. The van der Waals surface area contributed by atoms with E-state index in [1.54, 1.807) is 0 Å². The molecule has 0 saturated carbocycles. The number of aliphatic carboxylic acids is 1. The van der Waals surface area contributed by atoms with Crippen LogP contribution >= 0.6 is 0 Å². The summed E-state index contributed by atoms with van der Waals surface area (Å²) in [5.74, 6) is -1.89. The largest absolute Gasteiger partial charge is 0.481 e. The first-order chi connectivity index (χ1) is 8.14. The van der Waals surface area contributed by atoms with E-state index in [9.17, 15) is 18.0 Å². The first-order valence-electron chi connectivity index (χ1n) is 5.63. The molecule has 0 heterocycles. The van der Waals surface area contributed by atoms with Crippen LogP contribution in [0.25, 0.3) is 0 Å². The number of sulfonamides is 1. The first kappa shape index (κ1) is 16.9. The molecular weight excluding hydrogens is 260 g/mol. The van der Waals surface area contributed by atoms with Gasteiger partial charge in [0.2, 0.25) is 15.9 Å². The Morgan fingerprint density at radius 3 is 2.22 bits per heavy atom. The van der Waals surface area contributed by atoms with Crippen molar-refractivity contribution in [3.05, 3.63) is 0 Å². The van der Waals surface area contributed by atoms with E-state index < -0.39 is 40.1 Å². The summed E-state index contributed by atoms with van der Waals surface area (Å²) in [6.07, 6.45) is -0.490. The average Bonchev–Trinajstić information content (AvgIpc) is 2.22. The normalized spacial score (nSPS) is 13.3. The van der Waals surface area contributed by atoms with Crippen molar-refractivity contribution in [2.24, 2.45) is 5.92 Å². The van der Waals surface area contributed by atoms with E-state index in [4.69, 9.17) is 5.11 Å². The van der Waals surface area contributed by atoms with Gasteiger partial charge in [-0.05, 0) is 12.8 Å². The van der Waals surface area contributed by atoms with Gasteiger partial charge in [-0.15, -0.1) is 0 Å². The summed E-state index contributed by atoms with van der Waals surface area (Å²) >= 11 is 0. The van der Waals surface area contributed by atoms with Gasteiger partial charge in [0.05, 0.1) is 18.2 Å². The van der Waals surface area contributed by atoms with Gasteiger partial charge in [0.25, 0.3) is 0 Å². The third-order valence-electron chi connectivity index (χ3n) is 2.02. The second-order valence-electron chi connectivity index (χ2n) is 4.44. The summed E-state index contributed by atoms with van der Waals surface area (Å²) in [6, 6.07) is -0.914. The molecule has 8 heteroatoms. The van der Waals surface area contributed by atoms with Crippen LogP contribution < -0.4 is 10.0 Å². The molecule has 0 fully saturated rings. The van der Waals surface area contributed by atoms with Gasteiger partial charge >= 0.3 is 5.97 Å². The van der Waals surface area contributed by atoms with Crippen LogP contribution in [0, 0.1) is 5.92 Å². The molecule has 0 aliphatic carbocycles. The molecule has 0 aliphatic rings. The van der Waals surface area contributed by atoms with E-state index in [1.807, 2.05) is 13.8 Å². The monoisotopic (exact) mass is 280 g/mol. The molecule has 0 aromatic heterocycles. The first-order valence-corrected chi connectivity index (χ1v) is 7.29. The lowest BCUT2D eigenvalue weighted by atomic mass is 10.2. The number of hydrogen-bond donors (Lipinski definition) is 3. The Balaban J connectivity index is 4.24. The number of amides is 1. The minimum Gasteiger partial charge on any atom is -0.481 e. The average molecular weight is 280 g/mol. The smallest absolute Gasteiger partial charge is 0.304 e. The van der Waals surface area contributed by atoms with Crippen molar-refractivity contribution in [2.75, 3.05) is 12.3 Å². The Labute approximate surface area is 107 Å². The maximum Gasteiger partial charge on any atom is 0.304 e. The Morgan fingerprint density at radius 1 is 1.22 bits per heavy atom. The van der Waals surface area contributed by atoms with E-state index in [-0.39, 0.29) is 5.92 Å². The molecule has 1 amide bonds. The van der Waals surface area contributed by atoms with Gasteiger partial charge in [-0.25, -0.2) is 13.1 Å². The number of hydrogen-bond acceptors (Lipinski definition) is 4. The summed E-state index contributed by atoms with van der Waals surface area (Å²) in [5, 5.41) is 11.0. The third-order valence-corrected chi connectivity index (χ3v) is 3.47. The Kier molecular flexibility index (Phi) is 6.85. The zero-order valence-electron chi connectivity index (χ0n) is 10.8. The fourth-order valence-electron chi connectivity index (χ4n) is 1.06. The van der Waals surface area contributed by atoms with Crippen molar-refractivity contribution < 1.29 is 23.1 Å². The molecule has 0 spiro atoms. The number of carbonyl (C=O) groups excluding carboxylic acids is 1. The summed E-state index contributed by atoms with van der Waals surface area (Å²) in [4.78, 5) is 21.8. The molecule has 1 unspecified atom stereocenters. The van der Waals surface area contributed by atoms with Crippen LogP contribution in [0.1, 0.15) is 27.2 Å². The molecule has 0 bridgehead atoms. The number of carboxylic acids is 1. The maximum absolute atomic E-state index is 11.5. The summed E-state index contributed by atoms with van der Waals surface area (Å²) in [6.45, 7) is 5.71. The van der Waals surface area contributed by atoms with E-state index in [1.165, 1.54) is 6.92 Å². The van der Waals surface area contributed by atoms with Crippen LogP contribution in [0.5, 0.6) is 0 Å². The number of rotatable bonds is 8. The lowest BCUT2D eigenvalue weighted by Gasteiger charge is -2.15. The second kappa shape index (κ2) is 7.32. The van der Waals surface area contributed by atoms with Gasteiger partial charge in [-0.3, -0.25) is 9.59 Å².